The SMILES string of the molecule is CC(=O)N[C@H](CO)c1ccc(F)c(O)c1. The Kier molecular flexibility index (Phi) is 3.62. The summed E-state index contributed by atoms with van der Waals surface area (Å²) in [5.41, 5.74) is 0.451. The summed E-state index contributed by atoms with van der Waals surface area (Å²) in [5.74, 6) is -1.55. The molecule has 1 aromatic rings. The molecule has 0 radical (unpaired) electrons. The van der Waals surface area contributed by atoms with Crippen molar-refractivity contribution in [1.82, 2.24) is 5.32 Å². The fourth-order valence-corrected chi connectivity index (χ4v) is 1.23. The molecule has 0 aliphatic heterocycles. The van der Waals surface area contributed by atoms with Gasteiger partial charge in [0.1, 0.15) is 0 Å². The maximum Gasteiger partial charge on any atom is 0.217 e. The van der Waals surface area contributed by atoms with Crippen LogP contribution in [0.25, 0.3) is 0 Å². The molecule has 0 aliphatic carbocycles. The summed E-state index contributed by atoms with van der Waals surface area (Å²) >= 11 is 0. The molecular formula is C10H12FNO3. The highest BCUT2D eigenvalue weighted by Crippen LogP contribution is 2.21. The van der Waals surface area contributed by atoms with E-state index in [4.69, 9.17) is 10.2 Å². The van der Waals surface area contributed by atoms with Gasteiger partial charge in [-0.15, -0.1) is 0 Å². The van der Waals surface area contributed by atoms with Crippen molar-refractivity contribution < 1.29 is 19.4 Å². The van der Waals surface area contributed by atoms with E-state index in [0.717, 1.165) is 6.07 Å². The van der Waals surface area contributed by atoms with Crippen LogP contribution in [0.5, 0.6) is 5.75 Å². The summed E-state index contributed by atoms with van der Waals surface area (Å²) in [6.07, 6.45) is 0. The number of nitrogens with one attached hydrogen (secondary N) is 1. The Hall–Kier alpha value is -1.62. The number of hydrogen-bond donors (Lipinski definition) is 3. The molecule has 15 heavy (non-hydrogen) atoms. The number of phenolic OH excluding ortho intramolecular Hbond substituents is 1. The van der Waals surface area contributed by atoms with Crippen molar-refractivity contribution in [3.8, 4) is 5.75 Å². The highest BCUT2D eigenvalue weighted by Gasteiger charge is 2.13. The average molecular weight is 213 g/mol. The quantitative estimate of drug-likeness (QED) is 0.692. The lowest BCUT2D eigenvalue weighted by Gasteiger charge is -2.15. The Bertz CT molecular complexity index is 368. The molecule has 0 bridgehead atoms. The number of aromatic hydroxyl groups is 1. The van der Waals surface area contributed by atoms with Crippen molar-refractivity contribution in [3.05, 3.63) is 29.6 Å². The number of benzene rings is 1. The number of aliphatic hydroxyl groups is 1. The van der Waals surface area contributed by atoms with E-state index >= 15 is 0 Å². The molecule has 0 aromatic heterocycles. The molecular weight excluding hydrogens is 201 g/mol. The number of aliphatic hydroxyl groups excluding tert-OH is 1. The monoisotopic (exact) mass is 213 g/mol. The van der Waals surface area contributed by atoms with E-state index in [1.807, 2.05) is 0 Å². The van der Waals surface area contributed by atoms with E-state index in [2.05, 4.69) is 5.32 Å². The van der Waals surface area contributed by atoms with Crippen LogP contribution in [0.2, 0.25) is 0 Å². The molecule has 0 spiro atoms. The smallest absolute Gasteiger partial charge is 0.217 e. The molecule has 1 amide bonds. The lowest BCUT2D eigenvalue weighted by Crippen LogP contribution is -2.28. The van der Waals surface area contributed by atoms with Crippen molar-refractivity contribution in [1.29, 1.82) is 0 Å². The lowest BCUT2D eigenvalue weighted by molar-refractivity contribution is -0.120. The van der Waals surface area contributed by atoms with Gasteiger partial charge in [-0.2, -0.15) is 0 Å². The zero-order valence-corrected chi connectivity index (χ0v) is 8.20. The van der Waals surface area contributed by atoms with E-state index in [-0.39, 0.29) is 12.5 Å². The fraction of sp³-hybridized carbons (Fsp3) is 0.300. The predicted octanol–water partition coefficient (Wildman–Crippen LogP) is 0.701. The molecule has 82 valence electrons. The van der Waals surface area contributed by atoms with Crippen LogP contribution in [0.4, 0.5) is 4.39 Å². The molecule has 5 heteroatoms. The zero-order valence-electron chi connectivity index (χ0n) is 8.20. The molecule has 4 nitrogen and oxygen atoms in total. The van der Waals surface area contributed by atoms with Gasteiger partial charge in [0.05, 0.1) is 12.6 Å². The minimum absolute atomic E-state index is 0.308. The fourth-order valence-electron chi connectivity index (χ4n) is 1.23. The Morgan fingerprint density at radius 3 is 2.73 bits per heavy atom. The largest absolute Gasteiger partial charge is 0.505 e. The Balaban J connectivity index is 2.92. The summed E-state index contributed by atoms with van der Waals surface area (Å²) in [6.45, 7) is 0.997. The first-order valence-corrected chi connectivity index (χ1v) is 4.41. The van der Waals surface area contributed by atoms with Gasteiger partial charge in [-0.05, 0) is 17.7 Å². The zero-order chi connectivity index (χ0) is 11.4. The van der Waals surface area contributed by atoms with Crippen LogP contribution in [0, 0.1) is 5.82 Å². The van der Waals surface area contributed by atoms with Gasteiger partial charge in [0.25, 0.3) is 0 Å². The van der Waals surface area contributed by atoms with Crippen LogP contribution in [0.1, 0.15) is 18.5 Å². The van der Waals surface area contributed by atoms with Gasteiger partial charge in [-0.25, -0.2) is 4.39 Å². The molecule has 1 rings (SSSR count). The van der Waals surface area contributed by atoms with E-state index in [0.29, 0.717) is 5.56 Å². The number of carbonyl (C=O) groups excluding carboxylic acids is 1. The Labute approximate surface area is 86.4 Å². The van der Waals surface area contributed by atoms with E-state index in [1.165, 1.54) is 19.1 Å². The van der Waals surface area contributed by atoms with Crippen molar-refractivity contribution in [2.45, 2.75) is 13.0 Å². The average Bonchev–Trinajstić information content (AvgIpc) is 2.18. The number of halogens is 1. The molecule has 0 fully saturated rings. The van der Waals surface area contributed by atoms with Gasteiger partial charge in [-0.3, -0.25) is 4.79 Å². The molecule has 0 aliphatic rings. The maximum atomic E-state index is 12.7. The Morgan fingerprint density at radius 2 is 2.27 bits per heavy atom. The first-order valence-electron chi connectivity index (χ1n) is 4.41. The molecule has 0 saturated heterocycles. The first kappa shape index (κ1) is 11.5. The van der Waals surface area contributed by atoms with E-state index in [9.17, 15) is 9.18 Å². The molecule has 0 heterocycles. The minimum Gasteiger partial charge on any atom is -0.505 e. The highest BCUT2D eigenvalue weighted by atomic mass is 19.1. The topological polar surface area (TPSA) is 69.6 Å². The third-order valence-corrected chi connectivity index (χ3v) is 1.93. The summed E-state index contributed by atoms with van der Waals surface area (Å²) < 4.78 is 12.7. The second-order valence-corrected chi connectivity index (χ2v) is 3.15. The molecule has 1 atom stereocenters. The van der Waals surface area contributed by atoms with Crippen LogP contribution >= 0.6 is 0 Å². The molecule has 1 aromatic carbocycles. The van der Waals surface area contributed by atoms with Crippen LogP contribution in [-0.2, 0) is 4.79 Å². The summed E-state index contributed by atoms with van der Waals surface area (Å²) in [6, 6.07) is 3.02. The van der Waals surface area contributed by atoms with Crippen molar-refractivity contribution in [2.24, 2.45) is 0 Å². The number of rotatable bonds is 3. The number of hydrogen-bond acceptors (Lipinski definition) is 3. The van der Waals surface area contributed by atoms with Crippen LogP contribution < -0.4 is 5.32 Å². The van der Waals surface area contributed by atoms with Gasteiger partial charge < -0.3 is 15.5 Å². The van der Waals surface area contributed by atoms with Gasteiger partial charge in [0.2, 0.25) is 5.91 Å². The van der Waals surface area contributed by atoms with Crippen LogP contribution in [-0.4, -0.2) is 22.7 Å². The van der Waals surface area contributed by atoms with E-state index in [1.54, 1.807) is 0 Å². The lowest BCUT2D eigenvalue weighted by atomic mass is 10.1. The minimum atomic E-state index is -0.738. The van der Waals surface area contributed by atoms with Gasteiger partial charge >= 0.3 is 0 Å². The second-order valence-electron chi connectivity index (χ2n) is 3.15. The third-order valence-electron chi connectivity index (χ3n) is 1.93. The highest BCUT2D eigenvalue weighted by molar-refractivity contribution is 5.73. The number of carbonyl (C=O) groups is 1. The normalized spacial score (nSPS) is 12.2. The summed E-state index contributed by atoms with van der Waals surface area (Å²) in [7, 11) is 0. The number of amides is 1. The standard InChI is InChI=1S/C10H12FNO3/c1-6(14)12-9(5-13)7-2-3-8(11)10(15)4-7/h2-4,9,13,15H,5H2,1H3,(H,12,14)/t9-/m1/s1. The van der Waals surface area contributed by atoms with Crippen LogP contribution in [0.3, 0.4) is 0 Å². The predicted molar refractivity (Wildman–Crippen MR) is 51.7 cm³/mol. The van der Waals surface area contributed by atoms with E-state index < -0.39 is 17.6 Å². The maximum absolute atomic E-state index is 12.7. The third kappa shape index (κ3) is 2.92. The second kappa shape index (κ2) is 4.75. The number of phenols is 1. The van der Waals surface area contributed by atoms with Gasteiger partial charge in [0.15, 0.2) is 11.6 Å². The van der Waals surface area contributed by atoms with Crippen molar-refractivity contribution >= 4 is 5.91 Å². The van der Waals surface area contributed by atoms with Gasteiger partial charge in [-0.1, -0.05) is 6.07 Å². The summed E-state index contributed by atoms with van der Waals surface area (Å²) in [4.78, 5) is 10.8. The summed E-state index contributed by atoms with van der Waals surface area (Å²) in [5, 5.41) is 20.6. The molecule has 3 N–H and O–H groups in total. The van der Waals surface area contributed by atoms with Gasteiger partial charge in [0, 0.05) is 6.92 Å². The van der Waals surface area contributed by atoms with Crippen molar-refractivity contribution in [2.75, 3.05) is 6.61 Å². The molecule has 0 unspecified atom stereocenters. The first-order chi connectivity index (χ1) is 7.04. The molecule has 0 saturated carbocycles. The van der Waals surface area contributed by atoms with Crippen LogP contribution in [0.15, 0.2) is 18.2 Å². The Morgan fingerprint density at radius 1 is 1.60 bits per heavy atom. The van der Waals surface area contributed by atoms with Crippen molar-refractivity contribution in [3.63, 3.8) is 0 Å².